The van der Waals surface area contributed by atoms with Gasteiger partial charge in [-0.15, -0.1) is 0 Å². The van der Waals surface area contributed by atoms with E-state index in [9.17, 15) is 4.79 Å². The molecule has 0 aromatic carbocycles. The van der Waals surface area contributed by atoms with Gasteiger partial charge in [-0.3, -0.25) is 0 Å². The summed E-state index contributed by atoms with van der Waals surface area (Å²) in [5.74, 6) is 0. The fraction of sp³-hybridized carbons (Fsp3) is 0.615. The number of hydrogen-bond donors (Lipinski definition) is 2. The van der Waals surface area contributed by atoms with E-state index in [0.29, 0.717) is 6.54 Å². The summed E-state index contributed by atoms with van der Waals surface area (Å²) < 4.78 is 5.14. The van der Waals surface area contributed by atoms with Crippen molar-refractivity contribution in [1.29, 1.82) is 0 Å². The van der Waals surface area contributed by atoms with Gasteiger partial charge in [0.2, 0.25) is 0 Å². The molecule has 1 aliphatic carbocycles. The number of alkyl carbamates (subject to hydrolysis) is 1. The van der Waals surface area contributed by atoms with Crippen LogP contribution in [0, 0.1) is 0 Å². The average molecular weight is 238 g/mol. The summed E-state index contributed by atoms with van der Waals surface area (Å²) in [7, 11) is 0. The second kappa shape index (κ2) is 5.75. The van der Waals surface area contributed by atoms with Crippen LogP contribution in [-0.4, -0.2) is 18.2 Å². The number of nitrogens with one attached hydrogen (secondary N) is 1. The van der Waals surface area contributed by atoms with Gasteiger partial charge in [0.05, 0.1) is 0 Å². The molecule has 0 aliphatic heterocycles. The molecule has 0 bridgehead atoms. The predicted molar refractivity (Wildman–Crippen MR) is 68.4 cm³/mol. The summed E-state index contributed by atoms with van der Waals surface area (Å²) in [6.07, 6.45) is 6.37. The Hall–Kier alpha value is -1.45. The standard InChI is InChI=1S/C13H22N2O2/c1-13(2,3)17-12(16)15-9-8-10-4-6-11(14)7-5-10/h4,6H,5,7-9,14H2,1-3H3,(H,15,16). The van der Waals surface area contributed by atoms with Crippen LogP contribution < -0.4 is 11.1 Å². The lowest BCUT2D eigenvalue weighted by Gasteiger charge is -2.20. The first-order valence-electron chi connectivity index (χ1n) is 5.98. The van der Waals surface area contributed by atoms with Gasteiger partial charge in [0.25, 0.3) is 0 Å². The zero-order chi connectivity index (χ0) is 12.9. The topological polar surface area (TPSA) is 64.3 Å². The Labute approximate surface area is 103 Å². The molecule has 0 aromatic heterocycles. The number of amides is 1. The Kier molecular flexibility index (Phi) is 4.61. The van der Waals surface area contributed by atoms with Crippen molar-refractivity contribution in [3.63, 3.8) is 0 Å². The first-order chi connectivity index (χ1) is 7.87. The van der Waals surface area contributed by atoms with Crippen LogP contribution in [0.1, 0.15) is 40.0 Å². The zero-order valence-electron chi connectivity index (χ0n) is 10.9. The molecule has 0 fully saturated rings. The van der Waals surface area contributed by atoms with Crippen LogP contribution >= 0.6 is 0 Å². The molecule has 0 heterocycles. The Bertz CT molecular complexity index is 338. The predicted octanol–water partition coefficient (Wildman–Crippen LogP) is 2.46. The number of ether oxygens (including phenoxy) is 1. The van der Waals surface area contributed by atoms with Gasteiger partial charge in [-0.05, 0) is 46.1 Å². The zero-order valence-corrected chi connectivity index (χ0v) is 10.9. The summed E-state index contributed by atoms with van der Waals surface area (Å²) in [6, 6.07) is 0. The van der Waals surface area contributed by atoms with Gasteiger partial charge in [-0.1, -0.05) is 11.6 Å². The lowest BCUT2D eigenvalue weighted by molar-refractivity contribution is 0.0528. The Balaban J connectivity index is 2.22. The molecule has 1 aliphatic rings. The molecule has 0 unspecified atom stereocenters. The van der Waals surface area contributed by atoms with Gasteiger partial charge < -0.3 is 15.8 Å². The quantitative estimate of drug-likeness (QED) is 0.793. The fourth-order valence-corrected chi connectivity index (χ4v) is 1.54. The van der Waals surface area contributed by atoms with Crippen LogP contribution in [0.4, 0.5) is 4.79 Å². The van der Waals surface area contributed by atoms with Gasteiger partial charge in [0.1, 0.15) is 5.60 Å². The number of hydrogen-bond acceptors (Lipinski definition) is 3. The third-order valence-corrected chi connectivity index (χ3v) is 2.38. The van der Waals surface area contributed by atoms with E-state index in [1.165, 1.54) is 5.57 Å². The summed E-state index contributed by atoms with van der Waals surface area (Å²) in [5, 5.41) is 2.74. The largest absolute Gasteiger partial charge is 0.444 e. The van der Waals surface area contributed by atoms with Crippen molar-refractivity contribution < 1.29 is 9.53 Å². The molecule has 0 aromatic rings. The highest BCUT2D eigenvalue weighted by atomic mass is 16.6. The molecule has 0 saturated heterocycles. The van der Waals surface area contributed by atoms with Gasteiger partial charge in [0, 0.05) is 12.2 Å². The third kappa shape index (κ3) is 6.00. The van der Waals surface area contributed by atoms with Gasteiger partial charge >= 0.3 is 6.09 Å². The summed E-state index contributed by atoms with van der Waals surface area (Å²) >= 11 is 0. The lowest BCUT2D eigenvalue weighted by atomic mass is 10.0. The Morgan fingerprint density at radius 3 is 2.65 bits per heavy atom. The number of allylic oxidation sites excluding steroid dienone is 3. The van der Waals surface area contributed by atoms with Gasteiger partial charge in [-0.25, -0.2) is 4.79 Å². The number of nitrogens with two attached hydrogens (primary N) is 1. The highest BCUT2D eigenvalue weighted by molar-refractivity contribution is 5.67. The molecular weight excluding hydrogens is 216 g/mol. The molecule has 0 atom stereocenters. The summed E-state index contributed by atoms with van der Waals surface area (Å²) in [4.78, 5) is 11.4. The van der Waals surface area contributed by atoms with Crippen molar-refractivity contribution in [1.82, 2.24) is 5.32 Å². The fourth-order valence-electron chi connectivity index (χ4n) is 1.54. The second-order valence-electron chi connectivity index (χ2n) is 5.25. The lowest BCUT2D eigenvalue weighted by Crippen LogP contribution is -2.33. The van der Waals surface area contributed by atoms with Gasteiger partial charge in [0.15, 0.2) is 0 Å². The minimum Gasteiger partial charge on any atom is -0.444 e. The summed E-state index contributed by atoms with van der Waals surface area (Å²) in [6.45, 7) is 6.16. The van der Waals surface area contributed by atoms with Crippen LogP contribution in [0.5, 0.6) is 0 Å². The molecule has 1 amide bonds. The molecule has 96 valence electrons. The highest BCUT2D eigenvalue weighted by Crippen LogP contribution is 2.17. The third-order valence-electron chi connectivity index (χ3n) is 2.38. The van der Waals surface area contributed by atoms with E-state index in [2.05, 4.69) is 5.32 Å². The maximum absolute atomic E-state index is 11.4. The summed E-state index contributed by atoms with van der Waals surface area (Å²) in [5.41, 5.74) is 7.47. The van der Waals surface area contributed by atoms with E-state index in [0.717, 1.165) is 25.0 Å². The van der Waals surface area contributed by atoms with Crippen molar-refractivity contribution in [3.8, 4) is 0 Å². The molecule has 0 spiro atoms. The van der Waals surface area contributed by atoms with E-state index in [-0.39, 0.29) is 6.09 Å². The van der Waals surface area contributed by atoms with Crippen molar-refractivity contribution in [3.05, 3.63) is 23.4 Å². The molecule has 3 N–H and O–H groups in total. The molecule has 0 radical (unpaired) electrons. The van der Waals surface area contributed by atoms with Crippen molar-refractivity contribution in [2.24, 2.45) is 5.73 Å². The van der Waals surface area contributed by atoms with Crippen LogP contribution in [-0.2, 0) is 4.74 Å². The first kappa shape index (κ1) is 13.6. The minimum atomic E-state index is -0.439. The van der Waals surface area contributed by atoms with E-state index >= 15 is 0 Å². The van der Waals surface area contributed by atoms with Crippen molar-refractivity contribution in [2.45, 2.75) is 45.6 Å². The van der Waals surface area contributed by atoms with Gasteiger partial charge in [-0.2, -0.15) is 0 Å². The van der Waals surface area contributed by atoms with E-state index in [1.54, 1.807) is 0 Å². The maximum Gasteiger partial charge on any atom is 0.407 e. The average Bonchev–Trinajstić information content (AvgIpc) is 2.18. The molecule has 17 heavy (non-hydrogen) atoms. The van der Waals surface area contributed by atoms with Crippen LogP contribution in [0.25, 0.3) is 0 Å². The van der Waals surface area contributed by atoms with Crippen molar-refractivity contribution >= 4 is 6.09 Å². The normalized spacial score (nSPS) is 15.9. The minimum absolute atomic E-state index is 0.357. The molecule has 4 nitrogen and oxygen atoms in total. The van der Waals surface area contributed by atoms with E-state index < -0.39 is 5.60 Å². The van der Waals surface area contributed by atoms with Crippen LogP contribution in [0.2, 0.25) is 0 Å². The molecule has 0 saturated carbocycles. The number of carbonyl (C=O) groups excluding carboxylic acids is 1. The van der Waals surface area contributed by atoms with Crippen molar-refractivity contribution in [2.75, 3.05) is 6.54 Å². The second-order valence-corrected chi connectivity index (χ2v) is 5.25. The molecule has 1 rings (SSSR count). The first-order valence-corrected chi connectivity index (χ1v) is 5.98. The maximum atomic E-state index is 11.4. The Morgan fingerprint density at radius 1 is 1.41 bits per heavy atom. The molecule has 4 heteroatoms. The monoisotopic (exact) mass is 238 g/mol. The van der Waals surface area contributed by atoms with E-state index in [4.69, 9.17) is 10.5 Å². The number of rotatable bonds is 3. The SMILES string of the molecule is CC(C)(C)OC(=O)NCCC1=CC=C(N)CC1. The smallest absolute Gasteiger partial charge is 0.407 e. The Morgan fingerprint density at radius 2 is 2.12 bits per heavy atom. The van der Waals surface area contributed by atoms with Crippen LogP contribution in [0.3, 0.4) is 0 Å². The number of carbonyl (C=O) groups is 1. The van der Waals surface area contributed by atoms with Crippen LogP contribution in [0.15, 0.2) is 23.4 Å². The molecular formula is C13H22N2O2. The van der Waals surface area contributed by atoms with E-state index in [1.807, 2.05) is 32.9 Å². The highest BCUT2D eigenvalue weighted by Gasteiger charge is 2.15.